The molecule has 5 nitrogen and oxygen atoms in total. The molecule has 63 heavy (non-hydrogen) atoms. The fourth-order valence-corrected chi connectivity index (χ4v) is 9.99. The maximum absolute atomic E-state index is 5.39. The number of rotatable bonds is 6. The molecule has 4 aromatic heterocycles. The largest absolute Gasteiger partial charge is 0.309 e. The van der Waals surface area contributed by atoms with E-state index < -0.39 is 0 Å². The zero-order valence-corrected chi connectivity index (χ0v) is 34.1. The zero-order chi connectivity index (χ0) is 41.4. The highest BCUT2D eigenvalue weighted by atomic mass is 15.1. The van der Waals surface area contributed by atoms with Crippen molar-refractivity contribution in [2.24, 2.45) is 0 Å². The molecule has 0 aliphatic rings. The average molecular weight is 804 g/mol. The highest BCUT2D eigenvalue weighted by Crippen LogP contribution is 2.46. The number of benzene rings is 9. The molecule has 0 spiro atoms. The van der Waals surface area contributed by atoms with Crippen LogP contribution in [0.4, 0.5) is 0 Å². The van der Waals surface area contributed by atoms with Gasteiger partial charge in [-0.2, -0.15) is 0 Å². The quantitative estimate of drug-likeness (QED) is 0.168. The second kappa shape index (κ2) is 14.0. The molecule has 0 atom stereocenters. The normalized spacial score (nSPS) is 11.8. The molecule has 0 aliphatic heterocycles. The molecule has 0 unspecified atom stereocenters. The van der Waals surface area contributed by atoms with E-state index in [-0.39, 0.29) is 0 Å². The molecule has 0 aliphatic carbocycles. The summed E-state index contributed by atoms with van der Waals surface area (Å²) in [4.78, 5) is 10.6. The lowest BCUT2D eigenvalue weighted by molar-refractivity contribution is 1.13. The smallest absolute Gasteiger partial charge is 0.160 e. The maximum Gasteiger partial charge on any atom is 0.160 e. The molecule has 0 radical (unpaired) electrons. The van der Waals surface area contributed by atoms with Crippen LogP contribution >= 0.6 is 0 Å². The van der Waals surface area contributed by atoms with Gasteiger partial charge in [0.15, 0.2) is 5.82 Å². The van der Waals surface area contributed by atoms with E-state index in [4.69, 9.17) is 9.97 Å². The lowest BCUT2D eigenvalue weighted by Crippen LogP contribution is -2.02. The van der Waals surface area contributed by atoms with Crippen molar-refractivity contribution in [1.82, 2.24) is 23.7 Å². The average Bonchev–Trinajstić information content (AvgIpc) is 4.01. The highest BCUT2D eigenvalue weighted by Gasteiger charge is 2.26. The number of hydrogen-bond donors (Lipinski definition) is 0. The molecule has 294 valence electrons. The summed E-state index contributed by atoms with van der Waals surface area (Å²) in [5.74, 6) is 0.691. The first kappa shape index (κ1) is 35.2. The van der Waals surface area contributed by atoms with Crippen molar-refractivity contribution < 1.29 is 0 Å². The number of hydrogen-bond acceptors (Lipinski definition) is 2. The van der Waals surface area contributed by atoms with Gasteiger partial charge >= 0.3 is 0 Å². The van der Waals surface area contributed by atoms with Crippen molar-refractivity contribution in [3.05, 3.63) is 224 Å². The van der Waals surface area contributed by atoms with Crippen LogP contribution in [0.2, 0.25) is 0 Å². The van der Waals surface area contributed by atoms with E-state index >= 15 is 0 Å². The molecular weight excluding hydrogens is 767 g/mol. The Morgan fingerprint density at radius 1 is 0.302 bits per heavy atom. The first-order chi connectivity index (χ1) is 31.3. The molecule has 13 rings (SSSR count). The third-order valence-corrected chi connectivity index (χ3v) is 12.6. The van der Waals surface area contributed by atoms with Gasteiger partial charge < -0.3 is 13.7 Å². The van der Waals surface area contributed by atoms with Crippen LogP contribution in [0.25, 0.3) is 116 Å². The molecule has 0 N–H and O–H groups in total. The van der Waals surface area contributed by atoms with Crippen LogP contribution in [0.3, 0.4) is 0 Å². The van der Waals surface area contributed by atoms with Crippen LogP contribution in [0.5, 0.6) is 0 Å². The molecule has 0 amide bonds. The molecule has 0 fully saturated rings. The number of para-hydroxylation sites is 5. The van der Waals surface area contributed by atoms with Crippen LogP contribution in [-0.4, -0.2) is 23.7 Å². The van der Waals surface area contributed by atoms with Crippen molar-refractivity contribution in [2.75, 3.05) is 0 Å². The third-order valence-electron chi connectivity index (χ3n) is 12.6. The lowest BCUT2D eigenvalue weighted by Gasteiger charge is -2.16. The van der Waals surface area contributed by atoms with Gasteiger partial charge in [-0.05, 0) is 66.7 Å². The van der Waals surface area contributed by atoms with E-state index in [1.807, 2.05) is 24.3 Å². The van der Waals surface area contributed by atoms with Crippen LogP contribution in [0.15, 0.2) is 224 Å². The standard InChI is InChI=1S/C58H37N5/c1-5-19-38(20-6-1)47-37-48(60-58(59-47)39-21-7-2-8-22-39)44-34-36-53(57-54(44)45-28-14-17-31-50(45)62(57)41-25-11-4-12-26-41)63-51-32-18-15-29-46(51)55-52(63)35-33-43-42-27-13-16-30-49(42)61(56(43)55)40-23-9-3-10-24-40/h1-37H. The Bertz CT molecular complexity index is 3820. The lowest BCUT2D eigenvalue weighted by atomic mass is 10.00. The summed E-state index contributed by atoms with van der Waals surface area (Å²) in [5, 5.41) is 7.18. The summed E-state index contributed by atoms with van der Waals surface area (Å²) in [7, 11) is 0. The van der Waals surface area contributed by atoms with Gasteiger partial charge in [0.05, 0.1) is 50.2 Å². The highest BCUT2D eigenvalue weighted by molar-refractivity contribution is 6.27. The Morgan fingerprint density at radius 3 is 1.44 bits per heavy atom. The summed E-state index contributed by atoms with van der Waals surface area (Å²) >= 11 is 0. The second-order valence-electron chi connectivity index (χ2n) is 16.1. The first-order valence-corrected chi connectivity index (χ1v) is 21.4. The molecule has 0 saturated carbocycles. The van der Waals surface area contributed by atoms with E-state index in [0.717, 1.165) is 78.0 Å². The van der Waals surface area contributed by atoms with Gasteiger partial charge in [0.1, 0.15) is 0 Å². The summed E-state index contributed by atoms with van der Waals surface area (Å²) in [6, 6.07) is 80.2. The SMILES string of the molecule is c1ccc(-c2cc(-c3ccc(-n4c5ccccc5c5c4ccc4c6ccccc6n(-c6ccccc6)c45)c4c3c3ccccc3n4-c3ccccc3)nc(-c3ccccc3)n2)cc1. The molecule has 5 heteroatoms. The topological polar surface area (TPSA) is 40.6 Å². The Morgan fingerprint density at radius 2 is 0.794 bits per heavy atom. The van der Waals surface area contributed by atoms with Gasteiger partial charge in [-0.3, -0.25) is 0 Å². The van der Waals surface area contributed by atoms with Crippen LogP contribution in [-0.2, 0) is 0 Å². The Kier molecular flexibility index (Phi) is 7.84. The molecule has 0 saturated heterocycles. The van der Waals surface area contributed by atoms with Crippen LogP contribution in [0.1, 0.15) is 0 Å². The molecule has 4 heterocycles. The predicted molar refractivity (Wildman–Crippen MR) is 261 cm³/mol. The summed E-state index contributed by atoms with van der Waals surface area (Å²) in [6.07, 6.45) is 0. The Labute approximate surface area is 363 Å². The molecule has 0 bridgehead atoms. The van der Waals surface area contributed by atoms with Gasteiger partial charge in [0, 0.05) is 60.4 Å². The van der Waals surface area contributed by atoms with E-state index in [1.54, 1.807) is 0 Å². The van der Waals surface area contributed by atoms with Crippen molar-refractivity contribution >= 4 is 65.4 Å². The molecule has 13 aromatic rings. The van der Waals surface area contributed by atoms with Gasteiger partial charge in [-0.25, -0.2) is 9.97 Å². The zero-order valence-electron chi connectivity index (χ0n) is 34.1. The molecular formula is C58H37N5. The van der Waals surface area contributed by atoms with Gasteiger partial charge in [0.25, 0.3) is 0 Å². The third kappa shape index (κ3) is 5.36. The van der Waals surface area contributed by atoms with Crippen molar-refractivity contribution in [1.29, 1.82) is 0 Å². The van der Waals surface area contributed by atoms with Gasteiger partial charge in [-0.1, -0.05) is 158 Å². The second-order valence-corrected chi connectivity index (χ2v) is 16.1. The van der Waals surface area contributed by atoms with Crippen molar-refractivity contribution in [3.63, 3.8) is 0 Å². The summed E-state index contributed by atoms with van der Waals surface area (Å²) in [6.45, 7) is 0. The summed E-state index contributed by atoms with van der Waals surface area (Å²) in [5.41, 5.74) is 15.0. The van der Waals surface area contributed by atoms with Crippen LogP contribution < -0.4 is 0 Å². The van der Waals surface area contributed by atoms with Gasteiger partial charge in [-0.15, -0.1) is 0 Å². The van der Waals surface area contributed by atoms with Crippen molar-refractivity contribution in [3.8, 4) is 51.0 Å². The maximum atomic E-state index is 5.39. The number of nitrogens with zero attached hydrogens (tertiary/aromatic N) is 5. The minimum Gasteiger partial charge on any atom is -0.309 e. The fourth-order valence-electron chi connectivity index (χ4n) is 9.99. The monoisotopic (exact) mass is 803 g/mol. The number of fused-ring (bicyclic) bond motifs is 10. The Balaban J connectivity index is 1.19. The van der Waals surface area contributed by atoms with E-state index in [0.29, 0.717) is 5.82 Å². The number of aromatic nitrogens is 5. The van der Waals surface area contributed by atoms with E-state index in [1.165, 1.54) is 32.6 Å². The Hall–Kier alpha value is -8.54. The van der Waals surface area contributed by atoms with E-state index in [9.17, 15) is 0 Å². The van der Waals surface area contributed by atoms with Crippen LogP contribution in [0, 0.1) is 0 Å². The van der Waals surface area contributed by atoms with Crippen molar-refractivity contribution in [2.45, 2.75) is 0 Å². The van der Waals surface area contributed by atoms with Gasteiger partial charge in [0.2, 0.25) is 0 Å². The summed E-state index contributed by atoms with van der Waals surface area (Å²) < 4.78 is 7.39. The predicted octanol–water partition coefficient (Wildman–Crippen LogP) is 14.8. The fraction of sp³-hybridized carbons (Fsp3) is 0. The molecule has 9 aromatic carbocycles. The minimum atomic E-state index is 0.691. The van der Waals surface area contributed by atoms with E-state index in [2.05, 4.69) is 214 Å². The minimum absolute atomic E-state index is 0.691. The first-order valence-electron chi connectivity index (χ1n) is 21.4.